The lowest BCUT2D eigenvalue weighted by molar-refractivity contribution is 0.143. The molecule has 1 heterocycles. The molecule has 0 aromatic carbocycles. The first-order valence-corrected chi connectivity index (χ1v) is 8.48. The molecule has 0 saturated heterocycles. The van der Waals surface area contributed by atoms with Crippen molar-refractivity contribution in [3.8, 4) is 0 Å². The third-order valence-corrected chi connectivity index (χ3v) is 3.47. The molecular weight excluding hydrogens is 292 g/mol. The topological polar surface area (TPSA) is 62.0 Å². The fourth-order valence-corrected chi connectivity index (χ4v) is 2.19. The molecule has 0 aliphatic heterocycles. The van der Waals surface area contributed by atoms with E-state index in [9.17, 15) is 0 Å². The highest BCUT2D eigenvalue weighted by Crippen LogP contribution is 2.18. The molecule has 23 heavy (non-hydrogen) atoms. The maximum absolute atomic E-state index is 5.52. The molecule has 1 atom stereocenters. The van der Waals surface area contributed by atoms with Gasteiger partial charge in [-0.3, -0.25) is 9.89 Å². The normalized spacial score (nSPS) is 13.3. The zero-order valence-electron chi connectivity index (χ0n) is 15.0. The predicted octanol–water partition coefficient (Wildman–Crippen LogP) is 2.25. The van der Waals surface area contributed by atoms with Crippen molar-refractivity contribution < 1.29 is 9.15 Å². The van der Waals surface area contributed by atoms with Gasteiger partial charge in [-0.05, 0) is 52.9 Å². The molecule has 0 aliphatic rings. The van der Waals surface area contributed by atoms with Gasteiger partial charge < -0.3 is 19.8 Å². The zero-order valence-corrected chi connectivity index (χ0v) is 15.0. The van der Waals surface area contributed by atoms with Crippen LogP contribution in [0.5, 0.6) is 0 Å². The molecule has 0 spiro atoms. The number of furan rings is 1. The number of unbranched alkanes of at least 4 members (excludes halogenated alkanes) is 1. The van der Waals surface area contributed by atoms with Crippen LogP contribution < -0.4 is 10.6 Å². The molecule has 6 nitrogen and oxygen atoms in total. The number of guanidine groups is 1. The first-order chi connectivity index (χ1) is 11.2. The smallest absolute Gasteiger partial charge is 0.191 e. The average molecular weight is 324 g/mol. The van der Waals surface area contributed by atoms with Crippen LogP contribution in [0.2, 0.25) is 0 Å². The van der Waals surface area contributed by atoms with Crippen molar-refractivity contribution in [3.05, 3.63) is 24.2 Å². The molecule has 0 bridgehead atoms. The predicted molar refractivity (Wildman–Crippen MR) is 94.8 cm³/mol. The van der Waals surface area contributed by atoms with Gasteiger partial charge in [0, 0.05) is 26.3 Å². The summed E-state index contributed by atoms with van der Waals surface area (Å²) in [6.45, 7) is 8.10. The van der Waals surface area contributed by atoms with Crippen molar-refractivity contribution in [2.75, 3.05) is 46.9 Å². The van der Waals surface area contributed by atoms with Gasteiger partial charge in [0.1, 0.15) is 5.76 Å². The quantitative estimate of drug-likeness (QED) is 0.371. The summed E-state index contributed by atoms with van der Waals surface area (Å²) in [5.74, 6) is 1.79. The van der Waals surface area contributed by atoms with E-state index in [1.165, 1.54) is 0 Å². The van der Waals surface area contributed by atoms with Gasteiger partial charge in [0.05, 0.1) is 18.8 Å². The highest BCUT2D eigenvalue weighted by molar-refractivity contribution is 5.79. The fourth-order valence-electron chi connectivity index (χ4n) is 2.19. The van der Waals surface area contributed by atoms with E-state index in [0.717, 1.165) is 50.9 Å². The Balaban J connectivity index is 2.46. The molecule has 1 unspecified atom stereocenters. The Labute approximate surface area is 140 Å². The van der Waals surface area contributed by atoms with Gasteiger partial charge in [-0.15, -0.1) is 0 Å². The third-order valence-electron chi connectivity index (χ3n) is 3.47. The van der Waals surface area contributed by atoms with Crippen molar-refractivity contribution in [1.82, 2.24) is 15.5 Å². The highest BCUT2D eigenvalue weighted by atomic mass is 16.5. The van der Waals surface area contributed by atoms with Crippen LogP contribution in [0.4, 0.5) is 0 Å². The number of hydrogen-bond donors (Lipinski definition) is 2. The molecule has 0 fully saturated rings. The Kier molecular flexibility index (Phi) is 10.2. The van der Waals surface area contributed by atoms with E-state index in [0.29, 0.717) is 6.54 Å². The largest absolute Gasteiger partial charge is 0.468 e. The maximum Gasteiger partial charge on any atom is 0.191 e. The van der Waals surface area contributed by atoms with Crippen molar-refractivity contribution in [3.63, 3.8) is 0 Å². The standard InChI is InChI=1S/C17H32N4O2/c1-5-18-17(19-11-7-8-12-22-6-2)20-14-15(21(3)4)16-10-9-13-23-16/h9-10,13,15H,5-8,11-12,14H2,1-4H3,(H2,18,19,20). The molecule has 0 amide bonds. The van der Waals surface area contributed by atoms with Gasteiger partial charge in [0.15, 0.2) is 5.96 Å². The Hall–Kier alpha value is -1.53. The van der Waals surface area contributed by atoms with Crippen LogP contribution in [0.3, 0.4) is 0 Å². The van der Waals surface area contributed by atoms with Gasteiger partial charge in [-0.2, -0.15) is 0 Å². The van der Waals surface area contributed by atoms with E-state index in [4.69, 9.17) is 9.15 Å². The second kappa shape index (κ2) is 12.0. The lowest BCUT2D eigenvalue weighted by Gasteiger charge is -2.21. The van der Waals surface area contributed by atoms with E-state index in [2.05, 4.69) is 27.4 Å². The van der Waals surface area contributed by atoms with Gasteiger partial charge in [-0.25, -0.2) is 0 Å². The summed E-state index contributed by atoms with van der Waals surface area (Å²) in [5.41, 5.74) is 0. The molecular formula is C17H32N4O2. The number of ether oxygens (including phenoxy) is 1. The van der Waals surface area contributed by atoms with E-state index in [-0.39, 0.29) is 6.04 Å². The van der Waals surface area contributed by atoms with Crippen LogP contribution in [0, 0.1) is 0 Å². The molecule has 0 saturated carbocycles. The van der Waals surface area contributed by atoms with E-state index < -0.39 is 0 Å². The monoisotopic (exact) mass is 324 g/mol. The van der Waals surface area contributed by atoms with Gasteiger partial charge in [0.2, 0.25) is 0 Å². The van der Waals surface area contributed by atoms with Crippen LogP contribution >= 0.6 is 0 Å². The molecule has 2 N–H and O–H groups in total. The average Bonchev–Trinajstić information content (AvgIpc) is 3.04. The van der Waals surface area contributed by atoms with Crippen molar-refractivity contribution in [2.45, 2.75) is 32.7 Å². The summed E-state index contributed by atoms with van der Waals surface area (Å²) in [4.78, 5) is 6.81. The summed E-state index contributed by atoms with van der Waals surface area (Å²) in [6, 6.07) is 4.05. The molecule has 0 aliphatic carbocycles. The number of nitrogens with zero attached hydrogens (tertiary/aromatic N) is 2. The molecule has 0 radical (unpaired) electrons. The lowest BCUT2D eigenvalue weighted by atomic mass is 10.2. The SMILES string of the molecule is CCNC(=NCC(c1ccco1)N(C)C)NCCCCOCC. The molecule has 1 rings (SSSR count). The van der Waals surface area contributed by atoms with Gasteiger partial charge in [-0.1, -0.05) is 0 Å². The summed E-state index contributed by atoms with van der Waals surface area (Å²) >= 11 is 0. The van der Waals surface area contributed by atoms with Crippen LogP contribution in [0.1, 0.15) is 38.5 Å². The second-order valence-electron chi connectivity index (χ2n) is 5.55. The van der Waals surface area contributed by atoms with Crippen LogP contribution in [-0.4, -0.2) is 57.8 Å². The number of nitrogens with one attached hydrogen (secondary N) is 2. The summed E-state index contributed by atoms with van der Waals surface area (Å²) < 4.78 is 10.9. The molecule has 6 heteroatoms. The lowest BCUT2D eigenvalue weighted by Crippen LogP contribution is -2.38. The zero-order chi connectivity index (χ0) is 16.9. The Morgan fingerprint density at radius 2 is 2.13 bits per heavy atom. The van der Waals surface area contributed by atoms with Crippen molar-refractivity contribution in [2.24, 2.45) is 4.99 Å². The fraction of sp³-hybridized carbons (Fsp3) is 0.706. The Morgan fingerprint density at radius 3 is 2.74 bits per heavy atom. The second-order valence-corrected chi connectivity index (χ2v) is 5.55. The molecule has 1 aromatic heterocycles. The number of aliphatic imine (C=N–C) groups is 1. The van der Waals surface area contributed by atoms with Gasteiger partial charge >= 0.3 is 0 Å². The highest BCUT2D eigenvalue weighted by Gasteiger charge is 2.16. The maximum atomic E-state index is 5.52. The Bertz CT molecular complexity index is 418. The Morgan fingerprint density at radius 1 is 1.30 bits per heavy atom. The summed E-state index contributed by atoms with van der Waals surface area (Å²) in [6.07, 6.45) is 3.84. The first kappa shape index (κ1) is 19.5. The van der Waals surface area contributed by atoms with Crippen LogP contribution in [-0.2, 0) is 4.74 Å². The van der Waals surface area contributed by atoms with E-state index in [1.54, 1.807) is 6.26 Å². The van der Waals surface area contributed by atoms with E-state index in [1.807, 2.05) is 33.2 Å². The minimum atomic E-state index is 0.137. The van der Waals surface area contributed by atoms with E-state index >= 15 is 0 Å². The summed E-state index contributed by atoms with van der Waals surface area (Å²) in [7, 11) is 4.08. The molecule has 132 valence electrons. The minimum Gasteiger partial charge on any atom is -0.468 e. The number of likely N-dealkylation sites (N-methyl/N-ethyl adjacent to an activating group) is 1. The third kappa shape index (κ3) is 8.04. The number of rotatable bonds is 11. The van der Waals surface area contributed by atoms with Crippen molar-refractivity contribution >= 4 is 5.96 Å². The number of hydrogen-bond acceptors (Lipinski definition) is 4. The summed E-state index contributed by atoms with van der Waals surface area (Å²) in [5, 5.41) is 6.65. The van der Waals surface area contributed by atoms with Crippen LogP contribution in [0.15, 0.2) is 27.8 Å². The first-order valence-electron chi connectivity index (χ1n) is 8.48. The molecule has 1 aromatic rings. The minimum absolute atomic E-state index is 0.137. The van der Waals surface area contributed by atoms with Crippen LogP contribution in [0.25, 0.3) is 0 Å². The van der Waals surface area contributed by atoms with Gasteiger partial charge in [0.25, 0.3) is 0 Å². The van der Waals surface area contributed by atoms with Crippen molar-refractivity contribution in [1.29, 1.82) is 0 Å².